The number of nitrogens with zero attached hydrogens (tertiary/aromatic N) is 2. The first kappa shape index (κ1) is 15.0. The zero-order valence-corrected chi connectivity index (χ0v) is 12.1. The van der Waals surface area contributed by atoms with E-state index < -0.39 is 5.97 Å². The average molecular weight is 290 g/mol. The lowest BCUT2D eigenvalue weighted by Gasteiger charge is -2.23. The minimum atomic E-state index is -1.03. The Kier molecular flexibility index (Phi) is 4.26. The van der Waals surface area contributed by atoms with Gasteiger partial charge in [-0.2, -0.15) is 0 Å². The van der Waals surface area contributed by atoms with Crippen LogP contribution in [0.5, 0.6) is 0 Å². The van der Waals surface area contributed by atoms with Gasteiger partial charge in [-0.1, -0.05) is 0 Å². The van der Waals surface area contributed by atoms with Crippen molar-refractivity contribution in [2.45, 2.75) is 20.3 Å². The first-order chi connectivity index (χ1) is 9.97. The van der Waals surface area contributed by atoms with Crippen molar-refractivity contribution in [3.63, 3.8) is 0 Å². The molecule has 6 nitrogen and oxygen atoms in total. The summed E-state index contributed by atoms with van der Waals surface area (Å²) >= 11 is 0. The standard InChI is InChI=1S/C15H18N2O4/c1-3-16(4-2)14(19)9-17-12-6-5-10(15(20)21)7-11(12)8-13(17)18/h5-7H,3-4,8-9H2,1-2H3,(H,20,21). The van der Waals surface area contributed by atoms with Crippen LogP contribution < -0.4 is 4.90 Å². The molecule has 0 spiro atoms. The number of aromatic carboxylic acids is 1. The summed E-state index contributed by atoms with van der Waals surface area (Å²) in [5, 5.41) is 8.97. The molecule has 21 heavy (non-hydrogen) atoms. The van der Waals surface area contributed by atoms with Crippen molar-refractivity contribution in [1.82, 2.24) is 4.90 Å². The third kappa shape index (κ3) is 2.89. The highest BCUT2D eigenvalue weighted by Gasteiger charge is 2.30. The number of carbonyl (C=O) groups is 3. The van der Waals surface area contributed by atoms with Crippen molar-refractivity contribution >= 4 is 23.5 Å². The lowest BCUT2D eigenvalue weighted by molar-refractivity contribution is -0.130. The fraction of sp³-hybridized carbons (Fsp3) is 0.400. The summed E-state index contributed by atoms with van der Waals surface area (Å²) < 4.78 is 0. The molecule has 0 unspecified atom stereocenters. The molecule has 1 N–H and O–H groups in total. The van der Waals surface area contributed by atoms with Crippen LogP contribution in [0.3, 0.4) is 0 Å². The number of anilines is 1. The molecule has 0 saturated heterocycles. The summed E-state index contributed by atoms with van der Waals surface area (Å²) in [7, 11) is 0. The van der Waals surface area contributed by atoms with Gasteiger partial charge in [0.15, 0.2) is 0 Å². The van der Waals surface area contributed by atoms with Gasteiger partial charge >= 0.3 is 5.97 Å². The largest absolute Gasteiger partial charge is 0.478 e. The van der Waals surface area contributed by atoms with E-state index in [1.807, 2.05) is 13.8 Å². The highest BCUT2D eigenvalue weighted by atomic mass is 16.4. The number of likely N-dealkylation sites (N-methyl/N-ethyl adjacent to an activating group) is 1. The lowest BCUT2D eigenvalue weighted by Crippen LogP contribution is -2.41. The van der Waals surface area contributed by atoms with Crippen LogP contribution in [0.4, 0.5) is 5.69 Å². The van der Waals surface area contributed by atoms with Gasteiger partial charge < -0.3 is 14.9 Å². The third-order valence-corrected chi connectivity index (χ3v) is 3.67. The minimum Gasteiger partial charge on any atom is -0.478 e. The van der Waals surface area contributed by atoms with E-state index in [0.717, 1.165) is 0 Å². The van der Waals surface area contributed by atoms with Crippen LogP contribution in [0.2, 0.25) is 0 Å². The van der Waals surface area contributed by atoms with E-state index in [0.29, 0.717) is 24.3 Å². The Morgan fingerprint density at radius 2 is 1.95 bits per heavy atom. The number of carboxylic acid groups (broad SMARTS) is 1. The number of benzene rings is 1. The maximum absolute atomic E-state index is 12.1. The number of rotatable bonds is 5. The maximum Gasteiger partial charge on any atom is 0.335 e. The SMILES string of the molecule is CCN(CC)C(=O)CN1C(=O)Cc2cc(C(=O)O)ccc21. The first-order valence-corrected chi connectivity index (χ1v) is 6.92. The van der Waals surface area contributed by atoms with E-state index in [4.69, 9.17) is 5.11 Å². The molecular weight excluding hydrogens is 272 g/mol. The Balaban J connectivity index is 2.23. The van der Waals surface area contributed by atoms with Gasteiger partial charge in [-0.25, -0.2) is 4.79 Å². The molecule has 112 valence electrons. The van der Waals surface area contributed by atoms with Gasteiger partial charge in [0.25, 0.3) is 0 Å². The fourth-order valence-corrected chi connectivity index (χ4v) is 2.50. The van der Waals surface area contributed by atoms with Gasteiger partial charge in [-0.3, -0.25) is 9.59 Å². The molecule has 0 atom stereocenters. The summed E-state index contributed by atoms with van der Waals surface area (Å²) in [6, 6.07) is 4.55. The summed E-state index contributed by atoms with van der Waals surface area (Å²) in [6.45, 7) is 4.98. The molecule has 0 radical (unpaired) electrons. The normalized spacial score (nSPS) is 13.2. The van der Waals surface area contributed by atoms with Gasteiger partial charge in [0, 0.05) is 18.8 Å². The molecule has 1 aliphatic rings. The summed E-state index contributed by atoms with van der Waals surface area (Å²) in [5.41, 5.74) is 1.44. The lowest BCUT2D eigenvalue weighted by atomic mass is 10.1. The second-order valence-electron chi connectivity index (χ2n) is 4.87. The smallest absolute Gasteiger partial charge is 0.335 e. The fourth-order valence-electron chi connectivity index (χ4n) is 2.50. The Bertz CT molecular complexity index is 593. The highest BCUT2D eigenvalue weighted by molar-refractivity contribution is 6.05. The topological polar surface area (TPSA) is 77.9 Å². The monoisotopic (exact) mass is 290 g/mol. The predicted molar refractivity (Wildman–Crippen MR) is 77.4 cm³/mol. The molecule has 0 aliphatic carbocycles. The highest BCUT2D eigenvalue weighted by Crippen LogP contribution is 2.29. The van der Waals surface area contributed by atoms with Crippen LogP contribution in [-0.4, -0.2) is 47.4 Å². The molecule has 1 aromatic carbocycles. The number of fused-ring (bicyclic) bond motifs is 1. The molecule has 2 amide bonds. The van der Waals surface area contributed by atoms with Crippen LogP contribution in [-0.2, 0) is 16.0 Å². The van der Waals surface area contributed by atoms with E-state index in [9.17, 15) is 14.4 Å². The van der Waals surface area contributed by atoms with Crippen LogP contribution in [0.1, 0.15) is 29.8 Å². The van der Waals surface area contributed by atoms with Crippen molar-refractivity contribution in [3.8, 4) is 0 Å². The van der Waals surface area contributed by atoms with Crippen LogP contribution >= 0.6 is 0 Å². The van der Waals surface area contributed by atoms with Gasteiger partial charge in [0.1, 0.15) is 6.54 Å². The predicted octanol–water partition coefficient (Wildman–Crippen LogP) is 1.14. The number of hydrogen-bond donors (Lipinski definition) is 1. The van der Waals surface area contributed by atoms with E-state index in [1.54, 1.807) is 11.0 Å². The van der Waals surface area contributed by atoms with Crippen LogP contribution in [0, 0.1) is 0 Å². The Morgan fingerprint density at radius 3 is 2.52 bits per heavy atom. The van der Waals surface area contributed by atoms with E-state index >= 15 is 0 Å². The van der Waals surface area contributed by atoms with Crippen molar-refractivity contribution in [1.29, 1.82) is 0 Å². The van der Waals surface area contributed by atoms with Crippen molar-refractivity contribution in [2.75, 3.05) is 24.5 Å². The molecule has 1 aromatic rings. The second-order valence-corrected chi connectivity index (χ2v) is 4.87. The Morgan fingerprint density at radius 1 is 1.29 bits per heavy atom. The molecule has 1 aliphatic heterocycles. The molecule has 0 aromatic heterocycles. The Hall–Kier alpha value is -2.37. The van der Waals surface area contributed by atoms with Crippen molar-refractivity contribution < 1.29 is 19.5 Å². The van der Waals surface area contributed by atoms with E-state index in [2.05, 4.69) is 0 Å². The van der Waals surface area contributed by atoms with Gasteiger partial charge in [0.2, 0.25) is 11.8 Å². The maximum atomic E-state index is 12.1. The van der Waals surface area contributed by atoms with Gasteiger partial charge in [-0.05, 0) is 37.6 Å². The second kappa shape index (κ2) is 5.95. The van der Waals surface area contributed by atoms with Crippen LogP contribution in [0.15, 0.2) is 18.2 Å². The minimum absolute atomic E-state index is 0.0000680. The quantitative estimate of drug-likeness (QED) is 0.882. The van der Waals surface area contributed by atoms with Crippen molar-refractivity contribution in [3.05, 3.63) is 29.3 Å². The molecule has 1 heterocycles. The van der Waals surface area contributed by atoms with Crippen LogP contribution in [0.25, 0.3) is 0 Å². The molecule has 0 bridgehead atoms. The number of carbonyl (C=O) groups excluding carboxylic acids is 2. The molecule has 0 fully saturated rings. The molecule has 6 heteroatoms. The molecule has 0 saturated carbocycles. The zero-order chi connectivity index (χ0) is 15.6. The third-order valence-electron chi connectivity index (χ3n) is 3.67. The zero-order valence-electron chi connectivity index (χ0n) is 12.1. The summed E-state index contributed by atoms with van der Waals surface area (Å²) in [5.74, 6) is -1.31. The van der Waals surface area contributed by atoms with E-state index in [-0.39, 0.29) is 30.3 Å². The Labute approximate surface area is 123 Å². The number of carboxylic acids is 1. The number of amides is 2. The molecular formula is C15H18N2O4. The summed E-state index contributed by atoms with van der Waals surface area (Å²) in [6.07, 6.45) is 0.141. The molecule has 2 rings (SSSR count). The first-order valence-electron chi connectivity index (χ1n) is 6.92. The van der Waals surface area contributed by atoms with Gasteiger partial charge in [-0.15, -0.1) is 0 Å². The number of hydrogen-bond acceptors (Lipinski definition) is 3. The summed E-state index contributed by atoms with van der Waals surface area (Å²) in [4.78, 5) is 38.2. The van der Waals surface area contributed by atoms with E-state index in [1.165, 1.54) is 17.0 Å². The van der Waals surface area contributed by atoms with Gasteiger partial charge in [0.05, 0.1) is 12.0 Å². The average Bonchev–Trinajstić information content (AvgIpc) is 2.75. The van der Waals surface area contributed by atoms with Crippen molar-refractivity contribution in [2.24, 2.45) is 0 Å².